The molecule has 0 saturated heterocycles. The summed E-state index contributed by atoms with van der Waals surface area (Å²) in [5.41, 5.74) is 0. The molecule has 0 saturated carbocycles. The molecule has 0 aromatic rings. The number of hydrogen-bond donors (Lipinski definition) is 1. The lowest BCUT2D eigenvalue weighted by Gasteiger charge is -2.21. The third-order valence-electron chi connectivity index (χ3n) is 2.73. The van der Waals surface area contributed by atoms with Gasteiger partial charge in [0.1, 0.15) is 0 Å². The Balaban J connectivity index is 4.01. The van der Waals surface area contributed by atoms with E-state index in [9.17, 15) is 9.59 Å². The van der Waals surface area contributed by atoms with E-state index < -0.39 is 5.97 Å². The van der Waals surface area contributed by atoms with Crippen molar-refractivity contribution >= 4 is 11.9 Å². The van der Waals surface area contributed by atoms with Gasteiger partial charge in [0, 0.05) is 26.1 Å². The van der Waals surface area contributed by atoms with Crippen LogP contribution in [-0.4, -0.2) is 59.5 Å². The summed E-state index contributed by atoms with van der Waals surface area (Å²) >= 11 is 0. The third-order valence-corrected chi connectivity index (χ3v) is 2.73. The van der Waals surface area contributed by atoms with Crippen molar-refractivity contribution < 1.29 is 14.7 Å². The van der Waals surface area contributed by atoms with Crippen molar-refractivity contribution in [2.45, 2.75) is 26.7 Å². The van der Waals surface area contributed by atoms with Gasteiger partial charge in [0.2, 0.25) is 5.91 Å². The second-order valence-corrected chi connectivity index (χ2v) is 4.09. The Kier molecular flexibility index (Phi) is 8.92. The van der Waals surface area contributed by atoms with Gasteiger partial charge in [0.15, 0.2) is 0 Å². The molecular formula is C13H24N2O3. The van der Waals surface area contributed by atoms with Crippen molar-refractivity contribution in [3.05, 3.63) is 12.7 Å². The highest BCUT2D eigenvalue weighted by molar-refractivity contribution is 5.76. The molecule has 18 heavy (non-hydrogen) atoms. The van der Waals surface area contributed by atoms with Gasteiger partial charge >= 0.3 is 5.97 Å². The van der Waals surface area contributed by atoms with Crippen LogP contribution in [0.4, 0.5) is 0 Å². The Bertz CT molecular complexity index is 275. The molecule has 0 radical (unpaired) electrons. The minimum atomic E-state index is -0.855. The number of rotatable bonds is 10. The van der Waals surface area contributed by atoms with Crippen LogP contribution in [0, 0.1) is 0 Å². The van der Waals surface area contributed by atoms with Crippen molar-refractivity contribution in [1.82, 2.24) is 9.80 Å². The Morgan fingerprint density at radius 3 is 2.33 bits per heavy atom. The fourth-order valence-corrected chi connectivity index (χ4v) is 1.80. The zero-order chi connectivity index (χ0) is 14.0. The molecule has 104 valence electrons. The lowest BCUT2D eigenvalue weighted by molar-refractivity contribution is -0.138. The Hall–Kier alpha value is -1.36. The van der Waals surface area contributed by atoms with Crippen LogP contribution in [0.3, 0.4) is 0 Å². The largest absolute Gasteiger partial charge is 0.480 e. The van der Waals surface area contributed by atoms with Gasteiger partial charge in [-0.25, -0.2) is 0 Å². The van der Waals surface area contributed by atoms with Gasteiger partial charge < -0.3 is 10.0 Å². The number of amides is 1. The second-order valence-electron chi connectivity index (χ2n) is 4.09. The Morgan fingerprint density at radius 1 is 1.28 bits per heavy atom. The first-order chi connectivity index (χ1) is 8.54. The molecule has 1 amide bonds. The van der Waals surface area contributed by atoms with Crippen LogP contribution in [0.15, 0.2) is 12.7 Å². The number of carboxylic acids is 1. The van der Waals surface area contributed by atoms with E-state index in [-0.39, 0.29) is 12.5 Å². The maximum Gasteiger partial charge on any atom is 0.317 e. The van der Waals surface area contributed by atoms with Gasteiger partial charge in [-0.1, -0.05) is 6.08 Å². The van der Waals surface area contributed by atoms with Crippen LogP contribution >= 0.6 is 0 Å². The molecule has 0 aliphatic heterocycles. The number of hydrogen-bond acceptors (Lipinski definition) is 3. The Labute approximate surface area is 109 Å². The van der Waals surface area contributed by atoms with E-state index in [0.29, 0.717) is 25.9 Å². The molecule has 0 aromatic carbocycles. The maximum absolute atomic E-state index is 11.7. The van der Waals surface area contributed by atoms with E-state index >= 15 is 0 Å². The number of carbonyl (C=O) groups is 2. The summed E-state index contributed by atoms with van der Waals surface area (Å²) in [6, 6.07) is 0. The molecule has 0 spiro atoms. The molecule has 5 nitrogen and oxygen atoms in total. The van der Waals surface area contributed by atoms with Gasteiger partial charge in [-0.05, 0) is 26.8 Å². The van der Waals surface area contributed by atoms with E-state index in [1.165, 1.54) is 0 Å². The van der Waals surface area contributed by atoms with E-state index in [1.54, 1.807) is 15.9 Å². The minimum Gasteiger partial charge on any atom is -0.480 e. The quantitative estimate of drug-likeness (QED) is 0.597. The first kappa shape index (κ1) is 16.6. The zero-order valence-electron chi connectivity index (χ0n) is 11.4. The number of nitrogens with zero attached hydrogens (tertiary/aromatic N) is 2. The van der Waals surface area contributed by atoms with Crippen molar-refractivity contribution in [2.24, 2.45) is 0 Å². The van der Waals surface area contributed by atoms with Crippen LogP contribution in [0.25, 0.3) is 0 Å². The van der Waals surface area contributed by atoms with Crippen LogP contribution in [0.5, 0.6) is 0 Å². The van der Waals surface area contributed by atoms with Gasteiger partial charge in [-0.15, -0.1) is 6.58 Å². The molecule has 0 unspecified atom stereocenters. The molecule has 0 aliphatic rings. The first-order valence-corrected chi connectivity index (χ1v) is 6.37. The molecule has 0 rings (SSSR count). The van der Waals surface area contributed by atoms with Gasteiger partial charge in [0.05, 0.1) is 6.54 Å². The summed E-state index contributed by atoms with van der Waals surface area (Å²) < 4.78 is 0. The summed E-state index contributed by atoms with van der Waals surface area (Å²) in [5, 5.41) is 8.73. The first-order valence-electron chi connectivity index (χ1n) is 6.37. The van der Waals surface area contributed by atoms with Gasteiger partial charge in [-0.3, -0.25) is 14.5 Å². The number of carboxylic acid groups (broad SMARTS) is 1. The molecule has 1 N–H and O–H groups in total. The average molecular weight is 256 g/mol. The van der Waals surface area contributed by atoms with E-state index in [4.69, 9.17) is 5.11 Å². The fourth-order valence-electron chi connectivity index (χ4n) is 1.80. The highest BCUT2D eigenvalue weighted by Gasteiger charge is 2.11. The molecule has 0 heterocycles. The highest BCUT2D eigenvalue weighted by Crippen LogP contribution is 2.00. The van der Waals surface area contributed by atoms with Gasteiger partial charge in [0.25, 0.3) is 0 Å². The average Bonchev–Trinajstić information content (AvgIpc) is 2.30. The van der Waals surface area contributed by atoms with Gasteiger partial charge in [-0.2, -0.15) is 0 Å². The summed E-state index contributed by atoms with van der Waals surface area (Å²) in [7, 11) is 0. The predicted molar refractivity (Wildman–Crippen MR) is 71.4 cm³/mol. The molecule has 0 aromatic heterocycles. The molecule has 0 fully saturated rings. The van der Waals surface area contributed by atoms with Crippen molar-refractivity contribution in [3.63, 3.8) is 0 Å². The zero-order valence-corrected chi connectivity index (χ0v) is 11.4. The third kappa shape index (κ3) is 7.06. The normalized spacial score (nSPS) is 10.4. The van der Waals surface area contributed by atoms with E-state index in [1.807, 2.05) is 13.8 Å². The topological polar surface area (TPSA) is 60.9 Å². The summed E-state index contributed by atoms with van der Waals surface area (Å²) in [6.45, 7) is 10.1. The lowest BCUT2D eigenvalue weighted by atomic mass is 10.2. The SMILES string of the molecule is C=CCN(CCCC(=O)N(CC)CC)CC(=O)O. The summed E-state index contributed by atoms with van der Waals surface area (Å²) in [5.74, 6) is -0.721. The minimum absolute atomic E-state index is 0.00845. The second kappa shape index (κ2) is 9.65. The van der Waals surface area contributed by atoms with Crippen LogP contribution in [-0.2, 0) is 9.59 Å². The number of carbonyl (C=O) groups excluding carboxylic acids is 1. The Morgan fingerprint density at radius 2 is 1.89 bits per heavy atom. The predicted octanol–water partition coefficient (Wildman–Crippen LogP) is 1.21. The monoisotopic (exact) mass is 256 g/mol. The maximum atomic E-state index is 11.7. The highest BCUT2D eigenvalue weighted by atomic mass is 16.4. The van der Waals surface area contributed by atoms with Crippen LogP contribution in [0.2, 0.25) is 0 Å². The van der Waals surface area contributed by atoms with Crippen LogP contribution < -0.4 is 0 Å². The lowest BCUT2D eigenvalue weighted by Crippen LogP contribution is -2.33. The molecule has 5 heteroatoms. The van der Waals surface area contributed by atoms with E-state index in [0.717, 1.165) is 13.1 Å². The molecular weight excluding hydrogens is 232 g/mol. The standard InChI is InChI=1S/C13H24N2O3/c1-4-9-14(11-13(17)18)10-7-8-12(16)15(5-2)6-3/h4H,1,5-11H2,2-3H3,(H,17,18). The van der Waals surface area contributed by atoms with Crippen molar-refractivity contribution in [1.29, 1.82) is 0 Å². The fraction of sp³-hybridized carbons (Fsp3) is 0.692. The molecule has 0 aliphatic carbocycles. The van der Waals surface area contributed by atoms with Crippen molar-refractivity contribution in [2.75, 3.05) is 32.7 Å². The van der Waals surface area contributed by atoms with Crippen LogP contribution in [0.1, 0.15) is 26.7 Å². The molecule has 0 bridgehead atoms. The molecule has 0 atom stereocenters. The van der Waals surface area contributed by atoms with E-state index in [2.05, 4.69) is 6.58 Å². The number of aliphatic carboxylic acids is 1. The van der Waals surface area contributed by atoms with Crippen molar-refractivity contribution in [3.8, 4) is 0 Å². The summed E-state index contributed by atoms with van der Waals surface area (Å²) in [4.78, 5) is 25.9. The smallest absolute Gasteiger partial charge is 0.317 e. The summed E-state index contributed by atoms with van der Waals surface area (Å²) in [6.07, 6.45) is 2.82.